The van der Waals surface area contributed by atoms with Crippen LogP contribution in [0.4, 0.5) is 34.1 Å². The van der Waals surface area contributed by atoms with E-state index in [0.29, 0.717) is 0 Å². The molecule has 0 radical (unpaired) electrons. The van der Waals surface area contributed by atoms with Crippen molar-refractivity contribution in [1.29, 1.82) is 0 Å². The molecular weight excluding hydrogens is 567 g/mol. The Bertz CT molecular complexity index is 2260. The van der Waals surface area contributed by atoms with Crippen LogP contribution in [0.5, 0.6) is 0 Å². The first-order chi connectivity index (χ1) is 23.1. The summed E-state index contributed by atoms with van der Waals surface area (Å²) in [7, 11) is 0. The Labute approximate surface area is 277 Å². The number of para-hydroxylation sites is 2. The van der Waals surface area contributed by atoms with Crippen molar-refractivity contribution in [2.45, 2.75) is 13.8 Å². The minimum atomic E-state index is 0.0980. The first-order valence-electron chi connectivity index (χ1n) is 16.4. The number of hydrogen-bond acceptors (Lipinski definition) is 2. The average molecular weight is 601 g/mol. The zero-order chi connectivity index (χ0) is 31.5. The van der Waals surface area contributed by atoms with Gasteiger partial charge in [0.25, 0.3) is 6.71 Å². The quantitative estimate of drug-likeness (QED) is 0.186. The predicted octanol–water partition coefficient (Wildman–Crippen LogP) is 9.72. The van der Waals surface area contributed by atoms with Gasteiger partial charge in [0.2, 0.25) is 0 Å². The third-order valence-electron chi connectivity index (χ3n) is 9.81. The van der Waals surface area contributed by atoms with Gasteiger partial charge in [0.1, 0.15) is 0 Å². The van der Waals surface area contributed by atoms with Gasteiger partial charge < -0.3 is 9.80 Å². The van der Waals surface area contributed by atoms with Gasteiger partial charge in [0, 0.05) is 34.1 Å². The Balaban J connectivity index is 1.26. The Kier molecular flexibility index (Phi) is 6.40. The molecule has 0 aliphatic carbocycles. The predicted molar refractivity (Wildman–Crippen MR) is 201 cm³/mol. The van der Waals surface area contributed by atoms with Gasteiger partial charge in [0.15, 0.2) is 0 Å². The molecule has 0 atom stereocenters. The van der Waals surface area contributed by atoms with Crippen LogP contribution < -0.4 is 26.2 Å². The average Bonchev–Trinajstić information content (AvgIpc) is 3.12. The van der Waals surface area contributed by atoms with Crippen molar-refractivity contribution < 1.29 is 0 Å². The molecule has 0 unspecified atom stereocenters. The third kappa shape index (κ3) is 4.50. The fourth-order valence-electron chi connectivity index (χ4n) is 7.50. The minimum absolute atomic E-state index is 0.0980. The van der Waals surface area contributed by atoms with Gasteiger partial charge in [-0.25, -0.2) is 0 Å². The van der Waals surface area contributed by atoms with Crippen molar-refractivity contribution >= 4 is 57.2 Å². The van der Waals surface area contributed by atoms with Gasteiger partial charge in [-0.15, -0.1) is 0 Å². The summed E-state index contributed by atoms with van der Waals surface area (Å²) in [6, 6.07) is 60.3. The molecule has 0 bridgehead atoms. The first-order valence-corrected chi connectivity index (χ1v) is 16.4. The Morgan fingerprint density at radius 2 is 0.830 bits per heavy atom. The van der Waals surface area contributed by atoms with Crippen LogP contribution in [0, 0.1) is 13.8 Å². The molecule has 2 aliphatic heterocycles. The van der Waals surface area contributed by atoms with Crippen molar-refractivity contribution in [2.24, 2.45) is 0 Å². The highest BCUT2D eigenvalue weighted by molar-refractivity contribution is 7.00. The topological polar surface area (TPSA) is 6.48 Å². The number of benzene rings is 7. The van der Waals surface area contributed by atoms with Crippen LogP contribution in [0.3, 0.4) is 0 Å². The third-order valence-corrected chi connectivity index (χ3v) is 9.81. The molecule has 0 fully saturated rings. The highest BCUT2D eigenvalue weighted by Gasteiger charge is 2.43. The summed E-state index contributed by atoms with van der Waals surface area (Å²) in [4.78, 5) is 4.91. The zero-order valence-electron chi connectivity index (χ0n) is 26.6. The fourth-order valence-corrected chi connectivity index (χ4v) is 7.50. The molecule has 0 saturated carbocycles. The summed E-state index contributed by atoms with van der Waals surface area (Å²) in [6.45, 7) is 4.38. The van der Waals surface area contributed by atoms with E-state index >= 15 is 0 Å². The second-order valence-electron chi connectivity index (χ2n) is 12.8. The molecule has 7 aromatic rings. The van der Waals surface area contributed by atoms with Crippen LogP contribution in [0.2, 0.25) is 0 Å². The van der Waals surface area contributed by atoms with E-state index in [0.717, 1.165) is 11.4 Å². The molecule has 9 rings (SSSR count). The van der Waals surface area contributed by atoms with E-state index in [1.165, 1.54) is 72.5 Å². The molecule has 2 aliphatic rings. The monoisotopic (exact) mass is 600 g/mol. The van der Waals surface area contributed by atoms with E-state index in [-0.39, 0.29) is 6.71 Å². The fraction of sp³-hybridized carbons (Fsp3) is 0.0455. The van der Waals surface area contributed by atoms with E-state index in [1.54, 1.807) is 0 Å². The summed E-state index contributed by atoms with van der Waals surface area (Å²) >= 11 is 0. The van der Waals surface area contributed by atoms with Gasteiger partial charge in [-0.3, -0.25) is 0 Å². The van der Waals surface area contributed by atoms with E-state index in [2.05, 4.69) is 187 Å². The van der Waals surface area contributed by atoms with E-state index in [9.17, 15) is 0 Å². The van der Waals surface area contributed by atoms with Crippen LogP contribution in [0.1, 0.15) is 11.1 Å². The molecule has 0 saturated heterocycles. The maximum atomic E-state index is 2.46. The van der Waals surface area contributed by atoms with Crippen molar-refractivity contribution in [3.8, 4) is 22.3 Å². The first kappa shape index (κ1) is 27.5. The summed E-state index contributed by atoms with van der Waals surface area (Å²) in [5.74, 6) is 0. The highest BCUT2D eigenvalue weighted by atomic mass is 15.2. The van der Waals surface area contributed by atoms with E-state index < -0.39 is 0 Å². The molecule has 7 aromatic carbocycles. The maximum Gasteiger partial charge on any atom is 0.252 e. The SMILES string of the molecule is Cc1ccc(-c2ccc(N3c4ccccc4B4c5cc(-c6ccc(C)cc6)ccc5N(c5ccccc5)c5cccc3c54)cc2)cc1. The summed E-state index contributed by atoms with van der Waals surface area (Å²) in [5.41, 5.74) is 18.7. The summed E-state index contributed by atoms with van der Waals surface area (Å²) in [6.07, 6.45) is 0. The Morgan fingerprint density at radius 3 is 1.47 bits per heavy atom. The number of aryl methyl sites for hydroxylation is 2. The van der Waals surface area contributed by atoms with Crippen LogP contribution in [-0.2, 0) is 0 Å². The normalized spacial score (nSPS) is 12.8. The van der Waals surface area contributed by atoms with Gasteiger partial charge in [0.05, 0.1) is 0 Å². The summed E-state index contributed by atoms with van der Waals surface area (Å²) in [5, 5.41) is 0. The van der Waals surface area contributed by atoms with Crippen molar-refractivity contribution in [2.75, 3.05) is 9.80 Å². The van der Waals surface area contributed by atoms with Gasteiger partial charge in [-0.05, 0) is 101 Å². The number of rotatable bonds is 4. The second-order valence-corrected chi connectivity index (χ2v) is 12.8. The standard InChI is InChI=1S/C44H33BN2/c1-30-15-19-32(20-16-30)33-23-26-37(27-24-33)47-40-12-7-6-11-38(40)45-39-29-35(34-21-17-31(2)18-22-34)25-28-41(39)46(36-9-4-3-5-10-36)42-13-8-14-43(47)44(42)45/h3-29H,1-2H3. The van der Waals surface area contributed by atoms with Crippen LogP contribution >= 0.6 is 0 Å². The number of anilines is 6. The van der Waals surface area contributed by atoms with Crippen molar-refractivity contribution in [3.05, 3.63) is 175 Å². The highest BCUT2D eigenvalue weighted by Crippen LogP contribution is 2.44. The molecule has 0 aromatic heterocycles. The second kappa shape index (κ2) is 10.9. The molecule has 3 heteroatoms. The lowest BCUT2D eigenvalue weighted by Crippen LogP contribution is -2.61. The van der Waals surface area contributed by atoms with Gasteiger partial charge in [-0.2, -0.15) is 0 Å². The van der Waals surface area contributed by atoms with Crippen LogP contribution in [0.25, 0.3) is 22.3 Å². The van der Waals surface area contributed by atoms with Crippen molar-refractivity contribution in [1.82, 2.24) is 0 Å². The van der Waals surface area contributed by atoms with E-state index in [4.69, 9.17) is 0 Å². The van der Waals surface area contributed by atoms with E-state index in [1.807, 2.05) is 0 Å². The van der Waals surface area contributed by atoms with Crippen LogP contribution in [-0.4, -0.2) is 6.71 Å². The van der Waals surface area contributed by atoms with Gasteiger partial charge >= 0.3 is 0 Å². The number of nitrogens with zero attached hydrogens (tertiary/aromatic N) is 2. The van der Waals surface area contributed by atoms with Crippen LogP contribution in [0.15, 0.2) is 164 Å². The summed E-state index contributed by atoms with van der Waals surface area (Å²) < 4.78 is 0. The smallest absolute Gasteiger partial charge is 0.252 e. The maximum absolute atomic E-state index is 2.46. The minimum Gasteiger partial charge on any atom is -0.311 e. The van der Waals surface area contributed by atoms with Crippen molar-refractivity contribution in [3.63, 3.8) is 0 Å². The largest absolute Gasteiger partial charge is 0.311 e. The number of hydrogen-bond donors (Lipinski definition) is 0. The Hall–Kier alpha value is -5.80. The molecule has 47 heavy (non-hydrogen) atoms. The molecular formula is C44H33BN2. The lowest BCUT2D eigenvalue weighted by Gasteiger charge is -2.44. The lowest BCUT2D eigenvalue weighted by molar-refractivity contribution is 1.25. The molecule has 0 amide bonds. The number of fused-ring (bicyclic) bond motifs is 4. The molecule has 2 nitrogen and oxygen atoms in total. The van der Waals surface area contributed by atoms with Gasteiger partial charge in [-0.1, -0.05) is 126 Å². The lowest BCUT2D eigenvalue weighted by atomic mass is 9.33. The molecule has 222 valence electrons. The zero-order valence-corrected chi connectivity index (χ0v) is 26.6. The molecule has 0 N–H and O–H groups in total. The molecule has 0 spiro atoms. The Morgan fingerprint density at radius 1 is 0.362 bits per heavy atom. The molecule has 2 heterocycles.